The SMILES string of the molecule is [CH2]C(CC)NCCNC(CC)CO. The first-order valence-corrected chi connectivity index (χ1v) is 5.15. The summed E-state index contributed by atoms with van der Waals surface area (Å²) in [5, 5.41) is 15.4. The Morgan fingerprint density at radius 2 is 1.77 bits per heavy atom. The third-order valence-electron chi connectivity index (χ3n) is 2.20. The fourth-order valence-corrected chi connectivity index (χ4v) is 1.03. The third kappa shape index (κ3) is 6.99. The molecule has 0 saturated heterocycles. The minimum absolute atomic E-state index is 0.220. The van der Waals surface area contributed by atoms with Crippen molar-refractivity contribution in [2.45, 2.75) is 38.8 Å². The van der Waals surface area contributed by atoms with Crippen molar-refractivity contribution in [2.24, 2.45) is 0 Å². The number of aliphatic hydroxyl groups is 1. The van der Waals surface area contributed by atoms with Gasteiger partial charge in [-0.15, -0.1) is 0 Å². The molecule has 2 unspecified atom stereocenters. The van der Waals surface area contributed by atoms with Crippen LogP contribution in [0.15, 0.2) is 0 Å². The molecule has 1 radical (unpaired) electrons. The summed E-state index contributed by atoms with van der Waals surface area (Å²) in [5.41, 5.74) is 0. The first kappa shape index (κ1) is 12.9. The van der Waals surface area contributed by atoms with Crippen LogP contribution in [-0.2, 0) is 0 Å². The van der Waals surface area contributed by atoms with Crippen LogP contribution in [0.2, 0.25) is 0 Å². The molecule has 0 saturated carbocycles. The molecule has 79 valence electrons. The van der Waals surface area contributed by atoms with Crippen molar-refractivity contribution in [2.75, 3.05) is 19.7 Å². The van der Waals surface area contributed by atoms with Crippen LogP contribution in [-0.4, -0.2) is 36.9 Å². The van der Waals surface area contributed by atoms with Gasteiger partial charge in [-0.3, -0.25) is 0 Å². The molecule has 0 aromatic carbocycles. The van der Waals surface area contributed by atoms with E-state index in [9.17, 15) is 0 Å². The molecular weight excluding hydrogens is 164 g/mol. The lowest BCUT2D eigenvalue weighted by molar-refractivity contribution is 0.239. The monoisotopic (exact) mass is 187 g/mol. The van der Waals surface area contributed by atoms with Gasteiger partial charge in [-0.1, -0.05) is 13.8 Å². The number of hydrogen-bond acceptors (Lipinski definition) is 3. The minimum Gasteiger partial charge on any atom is -0.395 e. The molecule has 3 nitrogen and oxygen atoms in total. The number of rotatable bonds is 8. The van der Waals surface area contributed by atoms with E-state index in [1.165, 1.54) is 0 Å². The topological polar surface area (TPSA) is 44.3 Å². The normalized spacial score (nSPS) is 15.7. The van der Waals surface area contributed by atoms with Gasteiger partial charge in [-0.05, 0) is 19.8 Å². The van der Waals surface area contributed by atoms with E-state index in [2.05, 4.69) is 31.4 Å². The van der Waals surface area contributed by atoms with E-state index in [4.69, 9.17) is 5.11 Å². The predicted molar refractivity (Wildman–Crippen MR) is 56.6 cm³/mol. The van der Waals surface area contributed by atoms with Crippen molar-refractivity contribution >= 4 is 0 Å². The highest BCUT2D eigenvalue weighted by Crippen LogP contribution is 1.88. The Morgan fingerprint density at radius 1 is 1.15 bits per heavy atom. The van der Waals surface area contributed by atoms with Crippen LogP contribution in [0.1, 0.15) is 26.7 Å². The zero-order valence-electron chi connectivity index (χ0n) is 8.84. The summed E-state index contributed by atoms with van der Waals surface area (Å²) in [6, 6.07) is 0.586. The van der Waals surface area contributed by atoms with Gasteiger partial charge >= 0.3 is 0 Å². The average molecular weight is 187 g/mol. The summed E-state index contributed by atoms with van der Waals surface area (Å²) < 4.78 is 0. The van der Waals surface area contributed by atoms with Crippen molar-refractivity contribution < 1.29 is 5.11 Å². The van der Waals surface area contributed by atoms with E-state index < -0.39 is 0 Å². The second-order valence-electron chi connectivity index (χ2n) is 3.30. The van der Waals surface area contributed by atoms with Gasteiger partial charge in [0.05, 0.1) is 6.61 Å². The van der Waals surface area contributed by atoms with Crippen LogP contribution in [0.4, 0.5) is 0 Å². The van der Waals surface area contributed by atoms with Crippen LogP contribution in [0, 0.1) is 6.92 Å². The molecule has 0 rings (SSSR count). The van der Waals surface area contributed by atoms with Crippen LogP contribution < -0.4 is 10.6 Å². The molecule has 3 N–H and O–H groups in total. The highest BCUT2D eigenvalue weighted by atomic mass is 16.3. The average Bonchev–Trinajstić information content (AvgIpc) is 2.18. The summed E-state index contributed by atoms with van der Waals surface area (Å²) in [6.07, 6.45) is 2.02. The second-order valence-corrected chi connectivity index (χ2v) is 3.30. The van der Waals surface area contributed by atoms with Crippen molar-refractivity contribution in [1.29, 1.82) is 0 Å². The second kappa shape index (κ2) is 8.48. The van der Waals surface area contributed by atoms with Gasteiger partial charge in [0.2, 0.25) is 0 Å². The lowest BCUT2D eigenvalue weighted by Crippen LogP contribution is -2.39. The predicted octanol–water partition coefficient (Wildman–Crippen LogP) is 0.549. The van der Waals surface area contributed by atoms with E-state index in [1.54, 1.807) is 0 Å². The lowest BCUT2D eigenvalue weighted by Gasteiger charge is -2.15. The van der Waals surface area contributed by atoms with Crippen molar-refractivity contribution in [1.82, 2.24) is 10.6 Å². The molecule has 0 aromatic rings. The molecule has 0 heterocycles. The Bertz CT molecular complexity index is 105. The summed E-state index contributed by atoms with van der Waals surface area (Å²) in [7, 11) is 0. The third-order valence-corrected chi connectivity index (χ3v) is 2.20. The Morgan fingerprint density at radius 3 is 2.23 bits per heavy atom. The summed E-state index contributed by atoms with van der Waals surface area (Å²) >= 11 is 0. The van der Waals surface area contributed by atoms with Gasteiger partial charge in [0, 0.05) is 25.2 Å². The van der Waals surface area contributed by atoms with Crippen LogP contribution >= 0.6 is 0 Å². The van der Waals surface area contributed by atoms with Gasteiger partial charge < -0.3 is 15.7 Å². The summed E-state index contributed by atoms with van der Waals surface area (Å²) in [4.78, 5) is 0. The van der Waals surface area contributed by atoms with Crippen molar-refractivity contribution in [3.8, 4) is 0 Å². The van der Waals surface area contributed by atoms with Gasteiger partial charge in [0.1, 0.15) is 0 Å². The van der Waals surface area contributed by atoms with E-state index in [-0.39, 0.29) is 12.6 Å². The Balaban J connectivity index is 3.23. The molecule has 0 aliphatic heterocycles. The molecule has 2 atom stereocenters. The molecule has 0 aromatic heterocycles. The summed E-state index contributed by atoms with van der Waals surface area (Å²) in [6.45, 7) is 10.1. The molecule has 0 aliphatic rings. The first-order valence-electron chi connectivity index (χ1n) is 5.15. The van der Waals surface area contributed by atoms with Crippen LogP contribution in [0.25, 0.3) is 0 Å². The molecule has 0 bridgehead atoms. The van der Waals surface area contributed by atoms with Crippen LogP contribution in [0.3, 0.4) is 0 Å². The molecule has 0 spiro atoms. The maximum absolute atomic E-state index is 8.89. The van der Waals surface area contributed by atoms with Gasteiger partial charge in [0.25, 0.3) is 0 Å². The standard InChI is InChI=1S/C10H23N2O/c1-4-9(3)11-6-7-12-10(5-2)8-13/h9-13H,3-8H2,1-2H3. The summed E-state index contributed by atoms with van der Waals surface area (Å²) in [5.74, 6) is 0. The van der Waals surface area contributed by atoms with Crippen LogP contribution in [0.5, 0.6) is 0 Å². The van der Waals surface area contributed by atoms with E-state index in [0.717, 1.165) is 25.9 Å². The van der Waals surface area contributed by atoms with Gasteiger partial charge in [0.15, 0.2) is 0 Å². The van der Waals surface area contributed by atoms with Gasteiger partial charge in [-0.25, -0.2) is 0 Å². The largest absolute Gasteiger partial charge is 0.395 e. The fraction of sp³-hybridized carbons (Fsp3) is 0.900. The molecule has 0 fully saturated rings. The van der Waals surface area contributed by atoms with E-state index >= 15 is 0 Å². The molecule has 3 heteroatoms. The highest BCUT2D eigenvalue weighted by molar-refractivity contribution is 4.68. The van der Waals surface area contributed by atoms with Crippen molar-refractivity contribution in [3.05, 3.63) is 6.92 Å². The number of nitrogens with one attached hydrogen (secondary N) is 2. The highest BCUT2D eigenvalue weighted by Gasteiger charge is 2.02. The number of aliphatic hydroxyl groups excluding tert-OH is 1. The fourth-order valence-electron chi connectivity index (χ4n) is 1.03. The zero-order chi connectivity index (χ0) is 10.1. The van der Waals surface area contributed by atoms with Crippen molar-refractivity contribution in [3.63, 3.8) is 0 Å². The maximum atomic E-state index is 8.89. The first-order chi connectivity index (χ1) is 6.24. The van der Waals surface area contributed by atoms with E-state index in [1.807, 2.05) is 0 Å². The minimum atomic E-state index is 0.220. The molecule has 0 amide bonds. The quantitative estimate of drug-likeness (QED) is 0.486. The molecule has 13 heavy (non-hydrogen) atoms. The number of hydrogen-bond donors (Lipinski definition) is 3. The van der Waals surface area contributed by atoms with E-state index in [0.29, 0.717) is 6.04 Å². The van der Waals surface area contributed by atoms with Gasteiger partial charge in [-0.2, -0.15) is 0 Å². The molecule has 0 aliphatic carbocycles. The lowest BCUT2D eigenvalue weighted by atomic mass is 10.2. The zero-order valence-corrected chi connectivity index (χ0v) is 8.84. The smallest absolute Gasteiger partial charge is 0.0584 e. The Hall–Kier alpha value is -0.120. The molecular formula is C10H23N2O. The maximum Gasteiger partial charge on any atom is 0.0584 e. The Labute approximate surface area is 81.9 Å². The Kier molecular flexibility index (Phi) is 8.40.